The number of carbonyl (C=O) groups is 1. The van der Waals surface area contributed by atoms with Crippen molar-refractivity contribution in [2.45, 2.75) is 38.5 Å². The summed E-state index contributed by atoms with van der Waals surface area (Å²) in [7, 11) is 0. The Morgan fingerprint density at radius 2 is 1.82 bits per heavy atom. The minimum absolute atomic E-state index is 0.00815. The summed E-state index contributed by atoms with van der Waals surface area (Å²) in [6.45, 7) is 1.78. The summed E-state index contributed by atoms with van der Waals surface area (Å²) in [6, 6.07) is 5.74. The number of carboxylic acid groups (broad SMARTS) is 1. The topological polar surface area (TPSA) is 70.7 Å². The van der Waals surface area contributed by atoms with E-state index in [4.69, 9.17) is 0 Å². The minimum atomic E-state index is -4.54. The van der Waals surface area contributed by atoms with Crippen LogP contribution in [-0.4, -0.2) is 44.9 Å². The molecule has 0 radical (unpaired) electrons. The maximum Gasteiger partial charge on any atom is 0.416 e. The van der Waals surface area contributed by atoms with Crippen LogP contribution in [0.15, 0.2) is 30.3 Å². The molecule has 1 aliphatic heterocycles. The van der Waals surface area contributed by atoms with Gasteiger partial charge < -0.3 is 10.0 Å². The molecule has 12 heteroatoms. The summed E-state index contributed by atoms with van der Waals surface area (Å²) in [5.41, 5.74) is -0.0513. The van der Waals surface area contributed by atoms with E-state index >= 15 is 0 Å². The van der Waals surface area contributed by atoms with Crippen LogP contribution < -0.4 is 4.90 Å². The van der Waals surface area contributed by atoms with Gasteiger partial charge in [0.2, 0.25) is 0 Å². The maximum atomic E-state index is 13.4. The number of aromatic nitrogens is 3. The van der Waals surface area contributed by atoms with Gasteiger partial charge in [-0.15, -0.1) is 0 Å². The van der Waals surface area contributed by atoms with Crippen LogP contribution in [0, 0.1) is 12.8 Å². The number of nitrogens with zero attached hydrogens (tertiary/aromatic N) is 4. The summed E-state index contributed by atoms with van der Waals surface area (Å²) in [5, 5.41) is 13.8. The molecule has 0 aliphatic carbocycles. The Kier molecular flexibility index (Phi) is 5.94. The van der Waals surface area contributed by atoms with E-state index in [1.807, 2.05) is 0 Å². The Bertz CT molecular complexity index is 1220. The molecule has 3 heterocycles. The molecular weight excluding hydrogens is 466 g/mol. The predicted octanol–water partition coefficient (Wildman–Crippen LogP) is 5.13. The van der Waals surface area contributed by atoms with E-state index in [9.17, 15) is 36.2 Å². The molecule has 4 rings (SSSR count). The average molecular weight is 486 g/mol. The number of halogens is 6. The largest absolute Gasteiger partial charge is 0.481 e. The summed E-state index contributed by atoms with van der Waals surface area (Å²) in [6.07, 6.45) is -9.45. The third-order valence-corrected chi connectivity index (χ3v) is 5.84. The highest BCUT2D eigenvalue weighted by Gasteiger charge is 2.35. The van der Waals surface area contributed by atoms with Crippen molar-refractivity contribution in [1.82, 2.24) is 14.6 Å². The van der Waals surface area contributed by atoms with E-state index in [1.165, 1.54) is 29.6 Å². The van der Waals surface area contributed by atoms with Crippen molar-refractivity contribution in [2.75, 3.05) is 18.0 Å². The molecule has 34 heavy (non-hydrogen) atoms. The molecule has 1 saturated heterocycles. The van der Waals surface area contributed by atoms with Gasteiger partial charge in [0.1, 0.15) is 5.82 Å². The number of rotatable bonds is 4. The highest BCUT2D eigenvalue weighted by Crippen LogP contribution is 2.35. The molecule has 1 atom stereocenters. The third kappa shape index (κ3) is 4.80. The van der Waals surface area contributed by atoms with E-state index in [-0.39, 0.29) is 35.0 Å². The summed E-state index contributed by atoms with van der Waals surface area (Å²) in [4.78, 5) is 17.4. The lowest BCUT2D eigenvalue weighted by atomic mass is 9.97. The second-order valence-electron chi connectivity index (χ2n) is 8.29. The van der Waals surface area contributed by atoms with Crippen LogP contribution in [-0.2, 0) is 17.4 Å². The van der Waals surface area contributed by atoms with Crippen LogP contribution in [0.4, 0.5) is 32.2 Å². The fourth-order valence-corrected chi connectivity index (χ4v) is 4.21. The first-order valence-electron chi connectivity index (χ1n) is 10.4. The normalized spacial score (nSPS) is 17.4. The molecule has 6 nitrogen and oxygen atoms in total. The van der Waals surface area contributed by atoms with Crippen molar-refractivity contribution in [3.05, 3.63) is 47.2 Å². The van der Waals surface area contributed by atoms with Crippen LogP contribution in [0.5, 0.6) is 0 Å². The number of piperidine rings is 1. The van der Waals surface area contributed by atoms with Gasteiger partial charge in [-0.05, 0) is 31.9 Å². The van der Waals surface area contributed by atoms with Gasteiger partial charge in [0.15, 0.2) is 5.65 Å². The second-order valence-corrected chi connectivity index (χ2v) is 8.29. The molecular formula is C22H20F6N4O2. The monoisotopic (exact) mass is 486 g/mol. The zero-order chi connectivity index (χ0) is 24.8. The fraction of sp³-hybridized carbons (Fsp3) is 0.409. The summed E-state index contributed by atoms with van der Waals surface area (Å²) < 4.78 is 80.2. The predicted molar refractivity (Wildman–Crippen MR) is 110 cm³/mol. The molecule has 1 fully saturated rings. The number of carboxylic acids is 1. The van der Waals surface area contributed by atoms with Crippen LogP contribution in [0.25, 0.3) is 16.9 Å². The molecule has 1 unspecified atom stereocenters. The first-order chi connectivity index (χ1) is 15.8. The van der Waals surface area contributed by atoms with Gasteiger partial charge in [0.05, 0.1) is 23.6 Å². The first-order valence-corrected chi connectivity index (χ1v) is 10.4. The smallest absolute Gasteiger partial charge is 0.416 e. The van der Waals surface area contributed by atoms with E-state index in [1.54, 1.807) is 4.90 Å². The van der Waals surface area contributed by atoms with Crippen molar-refractivity contribution < 1.29 is 36.2 Å². The van der Waals surface area contributed by atoms with Gasteiger partial charge in [0.25, 0.3) is 0 Å². The SMILES string of the molecule is Cc1nc2cc(-c3ccc(C(F)(F)F)cc3)nn2c(N2CCCC(C(=O)O)C2)c1CC(F)(F)F. The molecule has 0 bridgehead atoms. The Morgan fingerprint density at radius 3 is 2.41 bits per heavy atom. The number of fused-ring (bicyclic) bond motifs is 1. The molecule has 3 aromatic rings. The molecule has 0 saturated carbocycles. The number of benzene rings is 1. The van der Waals surface area contributed by atoms with Gasteiger partial charge in [-0.25, -0.2) is 4.98 Å². The molecule has 1 aromatic carbocycles. The maximum absolute atomic E-state index is 13.4. The Balaban J connectivity index is 1.85. The van der Waals surface area contributed by atoms with Gasteiger partial charge in [-0.2, -0.15) is 36.0 Å². The lowest BCUT2D eigenvalue weighted by molar-refractivity contribution is -0.142. The number of hydrogen-bond donors (Lipinski definition) is 1. The van der Waals surface area contributed by atoms with Gasteiger partial charge in [-0.1, -0.05) is 12.1 Å². The van der Waals surface area contributed by atoms with Crippen LogP contribution in [0.3, 0.4) is 0 Å². The van der Waals surface area contributed by atoms with E-state index in [0.717, 1.165) is 12.1 Å². The standard InChI is InChI=1S/C22H20F6N4O2/c1-12-16(10-21(23,24)25)19(31-8-2-3-14(11-31)20(33)34)32-18(29-12)9-17(30-32)13-4-6-15(7-5-13)22(26,27)28/h4-7,9,14H,2-3,8,10-11H2,1H3,(H,33,34). The van der Waals surface area contributed by atoms with Crippen molar-refractivity contribution in [3.63, 3.8) is 0 Å². The highest BCUT2D eigenvalue weighted by molar-refractivity contribution is 5.72. The Hall–Kier alpha value is -3.31. The van der Waals surface area contributed by atoms with Crippen molar-refractivity contribution in [2.24, 2.45) is 5.92 Å². The van der Waals surface area contributed by atoms with Crippen molar-refractivity contribution in [3.8, 4) is 11.3 Å². The van der Waals surface area contributed by atoms with E-state index < -0.39 is 36.2 Å². The zero-order valence-electron chi connectivity index (χ0n) is 17.9. The highest BCUT2D eigenvalue weighted by atomic mass is 19.4. The summed E-state index contributed by atoms with van der Waals surface area (Å²) >= 11 is 0. The van der Waals surface area contributed by atoms with Gasteiger partial charge in [0, 0.05) is 36.0 Å². The fourth-order valence-electron chi connectivity index (χ4n) is 4.21. The van der Waals surface area contributed by atoms with Gasteiger partial charge in [-0.3, -0.25) is 4.79 Å². The molecule has 0 spiro atoms. The molecule has 182 valence electrons. The number of alkyl halides is 6. The van der Waals surface area contributed by atoms with E-state index in [0.29, 0.717) is 24.9 Å². The molecule has 0 amide bonds. The van der Waals surface area contributed by atoms with Crippen molar-refractivity contribution >= 4 is 17.4 Å². The van der Waals surface area contributed by atoms with Gasteiger partial charge >= 0.3 is 18.3 Å². The Morgan fingerprint density at radius 1 is 1.15 bits per heavy atom. The number of aliphatic carboxylic acids is 1. The van der Waals surface area contributed by atoms with Crippen LogP contribution >= 0.6 is 0 Å². The quantitative estimate of drug-likeness (QED) is 0.518. The minimum Gasteiger partial charge on any atom is -0.481 e. The average Bonchev–Trinajstić information content (AvgIpc) is 3.16. The number of aryl methyl sites for hydroxylation is 1. The zero-order valence-corrected chi connectivity index (χ0v) is 17.9. The third-order valence-electron chi connectivity index (χ3n) is 5.84. The Labute approximate surface area is 189 Å². The van der Waals surface area contributed by atoms with Crippen molar-refractivity contribution in [1.29, 1.82) is 0 Å². The molecule has 2 aromatic heterocycles. The lowest BCUT2D eigenvalue weighted by Crippen LogP contribution is -2.40. The second kappa shape index (κ2) is 8.48. The number of hydrogen-bond acceptors (Lipinski definition) is 4. The molecule has 1 aliphatic rings. The van der Waals surface area contributed by atoms with Crippen LogP contribution in [0.2, 0.25) is 0 Å². The molecule has 1 N–H and O–H groups in total. The first kappa shape index (κ1) is 23.8. The summed E-state index contributed by atoms with van der Waals surface area (Å²) in [5.74, 6) is -1.68. The lowest BCUT2D eigenvalue weighted by Gasteiger charge is -2.34. The number of anilines is 1. The van der Waals surface area contributed by atoms with Crippen LogP contribution in [0.1, 0.15) is 29.7 Å². The van der Waals surface area contributed by atoms with E-state index in [2.05, 4.69) is 10.1 Å².